The number of hydrogen-bond acceptors (Lipinski definition) is 3. The summed E-state index contributed by atoms with van der Waals surface area (Å²) in [5.74, 6) is -0.347. The molecule has 144 valence electrons. The van der Waals surface area contributed by atoms with Crippen LogP contribution >= 0.6 is 23.2 Å². The van der Waals surface area contributed by atoms with Gasteiger partial charge in [0.15, 0.2) is 0 Å². The first-order valence-electron chi connectivity index (χ1n) is 8.32. The maximum Gasteiger partial charge on any atom is 0.248 e. The van der Waals surface area contributed by atoms with E-state index in [1.54, 1.807) is 50.3 Å². The molecule has 0 fully saturated rings. The summed E-state index contributed by atoms with van der Waals surface area (Å²) in [5.41, 5.74) is 1.23. The van der Waals surface area contributed by atoms with E-state index in [1.165, 1.54) is 22.5 Å². The molecule has 0 radical (unpaired) electrons. The minimum atomic E-state index is -3.52. The van der Waals surface area contributed by atoms with Crippen molar-refractivity contribution in [1.82, 2.24) is 4.31 Å². The van der Waals surface area contributed by atoms with Crippen LogP contribution in [0.1, 0.15) is 19.4 Å². The number of anilines is 1. The molecular weight excluding hydrogens is 407 g/mol. The van der Waals surface area contributed by atoms with Gasteiger partial charge in [0.05, 0.1) is 14.9 Å². The zero-order valence-corrected chi connectivity index (χ0v) is 17.3. The molecule has 0 aliphatic rings. The highest BCUT2D eigenvalue weighted by Crippen LogP contribution is 2.23. The zero-order valence-electron chi connectivity index (χ0n) is 14.9. The van der Waals surface area contributed by atoms with Crippen molar-refractivity contribution >= 4 is 50.9 Å². The molecule has 0 unspecified atom stereocenters. The van der Waals surface area contributed by atoms with Crippen LogP contribution in [0.3, 0.4) is 0 Å². The Morgan fingerprint density at radius 2 is 1.67 bits per heavy atom. The van der Waals surface area contributed by atoms with Crippen molar-refractivity contribution in [1.29, 1.82) is 0 Å². The molecule has 5 nitrogen and oxygen atoms in total. The number of carbonyl (C=O) groups excluding carboxylic acids is 1. The van der Waals surface area contributed by atoms with Crippen LogP contribution in [0.4, 0.5) is 5.69 Å². The zero-order chi connectivity index (χ0) is 20.0. The summed E-state index contributed by atoms with van der Waals surface area (Å²) in [7, 11) is -3.52. The Balaban J connectivity index is 2.06. The molecule has 1 N–H and O–H groups in total. The molecule has 8 heteroatoms. The van der Waals surface area contributed by atoms with E-state index in [4.69, 9.17) is 23.2 Å². The highest BCUT2D eigenvalue weighted by atomic mass is 35.5. The van der Waals surface area contributed by atoms with Crippen molar-refractivity contribution in [3.8, 4) is 0 Å². The van der Waals surface area contributed by atoms with Crippen LogP contribution in [0.25, 0.3) is 6.08 Å². The van der Waals surface area contributed by atoms with Gasteiger partial charge in [0.2, 0.25) is 15.9 Å². The van der Waals surface area contributed by atoms with Gasteiger partial charge in [-0.15, -0.1) is 0 Å². The molecule has 0 atom stereocenters. The molecule has 2 aromatic rings. The second-order valence-corrected chi connectivity index (χ2v) is 8.36. The lowest BCUT2D eigenvalue weighted by Crippen LogP contribution is -2.30. The molecule has 27 heavy (non-hydrogen) atoms. The molecule has 2 aromatic carbocycles. The quantitative estimate of drug-likeness (QED) is 0.653. The van der Waals surface area contributed by atoms with Gasteiger partial charge in [-0.05, 0) is 48.0 Å². The third-order valence-electron chi connectivity index (χ3n) is 3.84. The van der Waals surface area contributed by atoms with E-state index in [2.05, 4.69) is 5.32 Å². The molecule has 0 heterocycles. The predicted octanol–water partition coefficient (Wildman–Crippen LogP) is 4.68. The molecular formula is C19H20Cl2N2O3S. The average molecular weight is 427 g/mol. The summed E-state index contributed by atoms with van der Waals surface area (Å²) >= 11 is 11.8. The van der Waals surface area contributed by atoms with E-state index in [-0.39, 0.29) is 10.8 Å². The van der Waals surface area contributed by atoms with Crippen molar-refractivity contribution < 1.29 is 13.2 Å². The van der Waals surface area contributed by atoms with Crippen LogP contribution in [0.2, 0.25) is 10.0 Å². The highest BCUT2D eigenvalue weighted by Gasteiger charge is 2.21. The lowest BCUT2D eigenvalue weighted by molar-refractivity contribution is -0.111. The summed E-state index contributed by atoms with van der Waals surface area (Å²) in [6.07, 6.45) is 2.97. The molecule has 0 aliphatic carbocycles. The summed E-state index contributed by atoms with van der Waals surface area (Å²) in [4.78, 5) is 12.2. The number of hydrogen-bond donors (Lipinski definition) is 1. The summed E-state index contributed by atoms with van der Waals surface area (Å²) in [6, 6.07) is 11.1. The summed E-state index contributed by atoms with van der Waals surface area (Å²) in [6.45, 7) is 4.37. The molecule has 0 saturated heterocycles. The number of carbonyl (C=O) groups is 1. The number of benzene rings is 2. The number of halogens is 2. The highest BCUT2D eigenvalue weighted by molar-refractivity contribution is 7.89. The normalized spacial score (nSPS) is 11.9. The molecule has 0 spiro atoms. The van der Waals surface area contributed by atoms with Crippen molar-refractivity contribution in [2.45, 2.75) is 18.7 Å². The molecule has 2 rings (SSSR count). The van der Waals surface area contributed by atoms with Gasteiger partial charge >= 0.3 is 0 Å². The van der Waals surface area contributed by atoms with Crippen LogP contribution in [0.15, 0.2) is 53.4 Å². The Hall–Kier alpha value is -1.86. The lowest BCUT2D eigenvalue weighted by atomic mass is 10.2. The largest absolute Gasteiger partial charge is 0.323 e. The first kappa shape index (κ1) is 21.4. The fraction of sp³-hybridized carbons (Fsp3) is 0.211. The van der Waals surface area contributed by atoms with Crippen LogP contribution in [-0.4, -0.2) is 31.7 Å². The SMILES string of the molecule is CCN(CC)S(=O)(=O)c1ccc(NC(=O)/C=C/c2ccc(Cl)c(Cl)c2)cc1. The maximum absolute atomic E-state index is 12.4. The second-order valence-electron chi connectivity index (χ2n) is 5.61. The first-order chi connectivity index (χ1) is 12.8. The average Bonchev–Trinajstić information content (AvgIpc) is 2.64. The molecule has 0 bridgehead atoms. The van der Waals surface area contributed by atoms with Gasteiger partial charge in [-0.2, -0.15) is 4.31 Å². The Morgan fingerprint density at radius 3 is 2.22 bits per heavy atom. The predicted molar refractivity (Wildman–Crippen MR) is 111 cm³/mol. The van der Waals surface area contributed by atoms with Gasteiger partial charge in [-0.1, -0.05) is 43.1 Å². The summed E-state index contributed by atoms with van der Waals surface area (Å²) < 4.78 is 26.3. The fourth-order valence-electron chi connectivity index (χ4n) is 2.39. The van der Waals surface area contributed by atoms with E-state index in [1.807, 2.05) is 0 Å². The summed E-state index contributed by atoms with van der Waals surface area (Å²) in [5, 5.41) is 3.53. The standard InChI is InChI=1S/C19H20Cl2N2O3S/c1-3-23(4-2)27(25,26)16-9-7-15(8-10-16)22-19(24)12-6-14-5-11-17(20)18(21)13-14/h5-13H,3-4H2,1-2H3,(H,22,24)/b12-6+. The van der Waals surface area contributed by atoms with Gasteiger partial charge < -0.3 is 5.32 Å². The number of nitrogens with zero attached hydrogens (tertiary/aromatic N) is 1. The molecule has 0 aliphatic heterocycles. The molecule has 0 saturated carbocycles. The Morgan fingerprint density at radius 1 is 1.04 bits per heavy atom. The monoisotopic (exact) mass is 426 g/mol. The smallest absolute Gasteiger partial charge is 0.248 e. The minimum absolute atomic E-state index is 0.190. The van der Waals surface area contributed by atoms with Crippen LogP contribution in [-0.2, 0) is 14.8 Å². The molecule has 1 amide bonds. The van der Waals surface area contributed by atoms with Gasteiger partial charge in [0.1, 0.15) is 0 Å². The minimum Gasteiger partial charge on any atom is -0.323 e. The lowest BCUT2D eigenvalue weighted by Gasteiger charge is -2.18. The van der Waals surface area contributed by atoms with E-state index >= 15 is 0 Å². The number of amides is 1. The van der Waals surface area contributed by atoms with Crippen molar-refractivity contribution in [3.63, 3.8) is 0 Å². The van der Waals surface area contributed by atoms with Crippen LogP contribution < -0.4 is 5.32 Å². The van der Waals surface area contributed by atoms with Gasteiger partial charge in [-0.25, -0.2) is 8.42 Å². The number of rotatable bonds is 7. The first-order valence-corrected chi connectivity index (χ1v) is 10.5. The van der Waals surface area contributed by atoms with E-state index in [0.717, 1.165) is 5.56 Å². The van der Waals surface area contributed by atoms with Gasteiger partial charge in [0.25, 0.3) is 0 Å². The Labute approximate surface area is 169 Å². The van der Waals surface area contributed by atoms with E-state index < -0.39 is 10.0 Å². The van der Waals surface area contributed by atoms with Gasteiger partial charge in [0, 0.05) is 24.9 Å². The third kappa shape index (κ3) is 5.56. The topological polar surface area (TPSA) is 66.5 Å². The number of sulfonamides is 1. The van der Waals surface area contributed by atoms with Crippen molar-refractivity contribution in [2.75, 3.05) is 18.4 Å². The Kier molecular flexibility index (Phi) is 7.44. The van der Waals surface area contributed by atoms with Crippen molar-refractivity contribution in [3.05, 3.63) is 64.1 Å². The molecule has 0 aromatic heterocycles. The third-order valence-corrected chi connectivity index (χ3v) is 6.64. The number of nitrogens with one attached hydrogen (secondary N) is 1. The van der Waals surface area contributed by atoms with Crippen LogP contribution in [0, 0.1) is 0 Å². The Bertz CT molecular complexity index is 938. The van der Waals surface area contributed by atoms with E-state index in [9.17, 15) is 13.2 Å². The van der Waals surface area contributed by atoms with Crippen molar-refractivity contribution in [2.24, 2.45) is 0 Å². The van der Waals surface area contributed by atoms with Crippen LogP contribution in [0.5, 0.6) is 0 Å². The second kappa shape index (κ2) is 9.37. The van der Waals surface area contributed by atoms with Gasteiger partial charge in [-0.3, -0.25) is 4.79 Å². The van der Waals surface area contributed by atoms with E-state index in [0.29, 0.717) is 28.8 Å². The maximum atomic E-state index is 12.4. The fourth-order valence-corrected chi connectivity index (χ4v) is 4.16.